The molecule has 176 valence electrons. The van der Waals surface area contributed by atoms with Crippen LogP contribution in [0, 0.1) is 5.92 Å². The van der Waals surface area contributed by atoms with E-state index in [1.54, 1.807) is 18.0 Å². The number of nitrogens with one attached hydrogen (secondary N) is 1. The van der Waals surface area contributed by atoms with Crippen molar-refractivity contribution in [3.05, 3.63) is 54.2 Å². The van der Waals surface area contributed by atoms with Gasteiger partial charge in [0.25, 0.3) is 0 Å². The molecular weight excluding hydrogens is 420 g/mol. The number of hydrogen-bond acceptors (Lipinski definition) is 5. The second kappa shape index (κ2) is 11.6. The summed E-state index contributed by atoms with van der Waals surface area (Å²) in [6.07, 6.45) is 2.91. The Hall–Kier alpha value is -3.26. The number of aliphatic hydroxyl groups excluding tert-OH is 1. The zero-order chi connectivity index (χ0) is 23.8. The van der Waals surface area contributed by atoms with E-state index in [0.29, 0.717) is 25.8 Å². The van der Waals surface area contributed by atoms with Gasteiger partial charge in [-0.3, -0.25) is 19.4 Å². The van der Waals surface area contributed by atoms with Crippen molar-refractivity contribution >= 4 is 17.7 Å². The lowest BCUT2D eigenvalue weighted by atomic mass is 10.0. The average Bonchev–Trinajstić information content (AvgIpc) is 2.99. The Morgan fingerprint density at radius 1 is 1.24 bits per heavy atom. The molecule has 1 aromatic heterocycles. The first kappa shape index (κ1) is 24.4. The summed E-state index contributed by atoms with van der Waals surface area (Å²) in [7, 11) is 0. The van der Waals surface area contributed by atoms with Crippen LogP contribution in [-0.4, -0.2) is 57.9 Å². The molecule has 0 saturated carbocycles. The van der Waals surface area contributed by atoms with Crippen LogP contribution < -0.4 is 11.1 Å². The summed E-state index contributed by atoms with van der Waals surface area (Å²) < 4.78 is 0. The summed E-state index contributed by atoms with van der Waals surface area (Å²) >= 11 is 0. The molecule has 33 heavy (non-hydrogen) atoms. The van der Waals surface area contributed by atoms with Crippen LogP contribution in [0.5, 0.6) is 0 Å². The maximum Gasteiger partial charge on any atom is 0.227 e. The number of primary amides is 1. The van der Waals surface area contributed by atoms with E-state index in [-0.39, 0.29) is 37.1 Å². The molecule has 1 aromatic carbocycles. The van der Waals surface area contributed by atoms with Crippen LogP contribution in [0.15, 0.2) is 48.7 Å². The molecule has 3 amide bonds. The molecule has 3 atom stereocenters. The Morgan fingerprint density at radius 3 is 2.79 bits per heavy atom. The first-order chi connectivity index (χ1) is 15.8. The van der Waals surface area contributed by atoms with Crippen LogP contribution in [0.1, 0.15) is 38.2 Å². The van der Waals surface area contributed by atoms with E-state index < -0.39 is 18.1 Å². The summed E-state index contributed by atoms with van der Waals surface area (Å²) in [6, 6.07) is 13.0. The van der Waals surface area contributed by atoms with Crippen molar-refractivity contribution in [2.75, 3.05) is 13.1 Å². The number of benzene rings is 1. The highest BCUT2D eigenvalue weighted by Gasteiger charge is 2.29. The zero-order valence-corrected chi connectivity index (χ0v) is 18.9. The molecule has 1 saturated heterocycles. The van der Waals surface area contributed by atoms with Gasteiger partial charge in [-0.15, -0.1) is 0 Å². The van der Waals surface area contributed by atoms with Gasteiger partial charge in [-0.25, -0.2) is 0 Å². The third-order valence-electron chi connectivity index (χ3n) is 6.05. The number of pyridine rings is 1. The molecule has 0 bridgehead atoms. The second-order valence-electron chi connectivity index (χ2n) is 8.66. The molecule has 3 rings (SSSR count). The van der Waals surface area contributed by atoms with Crippen molar-refractivity contribution in [2.24, 2.45) is 11.7 Å². The number of rotatable bonds is 8. The number of nitrogens with zero attached hydrogens (tertiary/aromatic N) is 2. The van der Waals surface area contributed by atoms with E-state index in [2.05, 4.69) is 10.3 Å². The Kier molecular flexibility index (Phi) is 8.54. The van der Waals surface area contributed by atoms with Crippen molar-refractivity contribution in [2.45, 2.75) is 51.2 Å². The summed E-state index contributed by atoms with van der Waals surface area (Å²) in [4.78, 5) is 42.3. The Balaban J connectivity index is 1.55. The number of aromatic nitrogens is 1. The standard InChI is InChI=1S/C25H32N4O4/c1-17(25(26)33)10-11-23(31)28-21-9-5-13-29(16-22(21)30)24(32)15-18-6-4-7-19(14-18)20-8-2-3-12-27-20/h2-4,6-8,12,14,17,21-22,30H,5,9-11,13,15-16H2,1H3,(H2,26,33)(H,28,31)/t17?,21?,22-/m0/s1. The van der Waals surface area contributed by atoms with Gasteiger partial charge in [0.2, 0.25) is 17.7 Å². The van der Waals surface area contributed by atoms with Gasteiger partial charge in [-0.05, 0) is 43.0 Å². The molecule has 8 nitrogen and oxygen atoms in total. The summed E-state index contributed by atoms with van der Waals surface area (Å²) in [5.41, 5.74) is 7.92. The van der Waals surface area contributed by atoms with Gasteiger partial charge in [-0.2, -0.15) is 0 Å². The topological polar surface area (TPSA) is 126 Å². The van der Waals surface area contributed by atoms with Gasteiger partial charge in [-0.1, -0.05) is 31.2 Å². The number of carbonyl (C=O) groups excluding carboxylic acids is 3. The molecule has 1 fully saturated rings. The van der Waals surface area contributed by atoms with E-state index in [0.717, 1.165) is 16.8 Å². The minimum Gasteiger partial charge on any atom is -0.389 e. The van der Waals surface area contributed by atoms with Crippen molar-refractivity contribution in [1.29, 1.82) is 0 Å². The van der Waals surface area contributed by atoms with E-state index in [1.807, 2.05) is 42.5 Å². The third kappa shape index (κ3) is 7.12. The zero-order valence-electron chi connectivity index (χ0n) is 18.9. The van der Waals surface area contributed by atoms with Crippen molar-refractivity contribution in [3.8, 4) is 11.3 Å². The average molecular weight is 453 g/mol. The van der Waals surface area contributed by atoms with Crippen LogP contribution in [0.25, 0.3) is 11.3 Å². The number of aliphatic hydroxyl groups is 1. The lowest BCUT2D eigenvalue weighted by Crippen LogP contribution is -2.47. The maximum atomic E-state index is 13.0. The Labute approximate surface area is 194 Å². The van der Waals surface area contributed by atoms with Gasteiger partial charge >= 0.3 is 0 Å². The number of likely N-dealkylation sites (tertiary alicyclic amines) is 1. The largest absolute Gasteiger partial charge is 0.389 e. The molecule has 0 radical (unpaired) electrons. The molecule has 2 heterocycles. The van der Waals surface area contributed by atoms with Gasteiger partial charge in [0.15, 0.2) is 0 Å². The molecule has 2 aromatic rings. The van der Waals surface area contributed by atoms with Crippen LogP contribution in [0.2, 0.25) is 0 Å². The number of hydrogen-bond donors (Lipinski definition) is 3. The van der Waals surface area contributed by atoms with Crippen LogP contribution in [0.4, 0.5) is 0 Å². The van der Waals surface area contributed by atoms with Gasteiger partial charge in [0, 0.05) is 37.2 Å². The summed E-state index contributed by atoms with van der Waals surface area (Å²) in [6.45, 7) is 2.38. The number of carbonyl (C=O) groups is 3. The lowest BCUT2D eigenvalue weighted by Gasteiger charge is -2.25. The third-order valence-corrected chi connectivity index (χ3v) is 6.05. The first-order valence-electron chi connectivity index (χ1n) is 11.4. The van der Waals surface area contributed by atoms with E-state index >= 15 is 0 Å². The first-order valence-corrected chi connectivity index (χ1v) is 11.4. The van der Waals surface area contributed by atoms with Crippen LogP contribution in [0.3, 0.4) is 0 Å². The highest BCUT2D eigenvalue weighted by molar-refractivity contribution is 5.80. The normalized spacial score (nSPS) is 19.4. The van der Waals surface area contributed by atoms with Crippen LogP contribution in [-0.2, 0) is 20.8 Å². The second-order valence-corrected chi connectivity index (χ2v) is 8.66. The molecule has 2 unspecified atom stereocenters. The Morgan fingerprint density at radius 2 is 2.06 bits per heavy atom. The number of nitrogens with two attached hydrogens (primary N) is 1. The van der Waals surface area contributed by atoms with Crippen molar-refractivity contribution in [3.63, 3.8) is 0 Å². The predicted octanol–water partition coefficient (Wildman–Crippen LogP) is 1.66. The highest BCUT2D eigenvalue weighted by Crippen LogP contribution is 2.19. The fraction of sp³-hybridized carbons (Fsp3) is 0.440. The minimum atomic E-state index is -0.853. The molecule has 0 aliphatic carbocycles. The highest BCUT2D eigenvalue weighted by atomic mass is 16.3. The summed E-state index contributed by atoms with van der Waals surface area (Å²) in [5, 5.41) is 13.5. The van der Waals surface area contributed by atoms with Crippen LogP contribution >= 0.6 is 0 Å². The molecular formula is C25H32N4O4. The number of β-amino-alcohol motifs (C(OH)–C–C–N with tert-alkyl or cyclic N) is 1. The monoisotopic (exact) mass is 452 g/mol. The molecule has 0 spiro atoms. The SMILES string of the molecule is CC(CCC(=O)NC1CCCN(C(=O)Cc2cccc(-c3ccccn3)c2)C[C@@H]1O)C(N)=O. The fourth-order valence-electron chi connectivity index (χ4n) is 3.96. The maximum absolute atomic E-state index is 13.0. The minimum absolute atomic E-state index is 0.0607. The van der Waals surface area contributed by atoms with Gasteiger partial charge in [0.05, 0.1) is 24.3 Å². The van der Waals surface area contributed by atoms with E-state index in [1.165, 1.54) is 0 Å². The van der Waals surface area contributed by atoms with Crippen molar-refractivity contribution in [1.82, 2.24) is 15.2 Å². The Bertz CT molecular complexity index is 966. The van der Waals surface area contributed by atoms with Gasteiger partial charge in [0.1, 0.15) is 0 Å². The van der Waals surface area contributed by atoms with E-state index in [4.69, 9.17) is 5.73 Å². The molecule has 1 aliphatic heterocycles. The van der Waals surface area contributed by atoms with Crippen molar-refractivity contribution < 1.29 is 19.5 Å². The molecule has 4 N–H and O–H groups in total. The predicted molar refractivity (Wildman–Crippen MR) is 125 cm³/mol. The number of amides is 3. The van der Waals surface area contributed by atoms with Gasteiger partial charge < -0.3 is 21.1 Å². The smallest absolute Gasteiger partial charge is 0.227 e. The quantitative estimate of drug-likeness (QED) is 0.562. The fourth-order valence-corrected chi connectivity index (χ4v) is 3.96. The molecule has 8 heteroatoms. The summed E-state index contributed by atoms with van der Waals surface area (Å²) in [5.74, 6) is -1.09. The molecule has 1 aliphatic rings. The lowest BCUT2D eigenvalue weighted by molar-refractivity contribution is -0.131. The van der Waals surface area contributed by atoms with E-state index in [9.17, 15) is 19.5 Å².